The molecule has 0 atom stereocenters. The van der Waals surface area contributed by atoms with Gasteiger partial charge in [-0.15, -0.1) is 0 Å². The number of carbonyl (C=O) groups excluding carboxylic acids is 1. The molecule has 0 radical (unpaired) electrons. The quantitative estimate of drug-likeness (QED) is 0.714. The van der Waals surface area contributed by atoms with Crippen molar-refractivity contribution in [3.05, 3.63) is 28.4 Å². The Morgan fingerprint density at radius 2 is 2.31 bits per heavy atom. The zero-order chi connectivity index (χ0) is 9.42. The van der Waals surface area contributed by atoms with Gasteiger partial charge in [0, 0.05) is 16.9 Å². The molecule has 13 heavy (non-hydrogen) atoms. The number of benzene rings is 1. The van der Waals surface area contributed by atoms with E-state index < -0.39 is 0 Å². The Balaban J connectivity index is 2.88. The largest absolute Gasteiger partial charge is 0.296 e. The van der Waals surface area contributed by atoms with Crippen LogP contribution in [0.25, 0.3) is 10.9 Å². The second kappa shape index (κ2) is 2.96. The van der Waals surface area contributed by atoms with Gasteiger partial charge >= 0.3 is 0 Å². The van der Waals surface area contributed by atoms with Crippen LogP contribution in [0, 0.1) is 0 Å². The average molecular weight is 239 g/mol. The van der Waals surface area contributed by atoms with E-state index in [1.807, 2.05) is 18.2 Å². The first-order chi connectivity index (χ1) is 6.22. The summed E-state index contributed by atoms with van der Waals surface area (Å²) in [6.45, 7) is 0. The van der Waals surface area contributed by atoms with Gasteiger partial charge in [0.05, 0.1) is 5.52 Å². The molecular weight excluding hydrogens is 232 g/mol. The van der Waals surface area contributed by atoms with Crippen LogP contribution in [0.15, 0.2) is 22.7 Å². The number of rotatable bonds is 1. The van der Waals surface area contributed by atoms with Crippen molar-refractivity contribution in [3.8, 4) is 0 Å². The summed E-state index contributed by atoms with van der Waals surface area (Å²) in [7, 11) is 1.76. The summed E-state index contributed by atoms with van der Waals surface area (Å²) < 4.78 is 2.54. The summed E-state index contributed by atoms with van der Waals surface area (Å²) in [5.41, 5.74) is 1.45. The Kier molecular flexibility index (Phi) is 1.92. The first-order valence-corrected chi connectivity index (χ1v) is 4.59. The number of nitrogens with zero attached hydrogens (tertiary/aromatic N) is 2. The maximum absolute atomic E-state index is 10.7. The molecule has 2 rings (SSSR count). The summed E-state index contributed by atoms with van der Waals surface area (Å²) in [6, 6.07) is 5.68. The lowest BCUT2D eigenvalue weighted by Gasteiger charge is -1.91. The van der Waals surface area contributed by atoms with E-state index in [0.717, 1.165) is 21.7 Å². The van der Waals surface area contributed by atoms with E-state index in [0.29, 0.717) is 5.69 Å². The van der Waals surface area contributed by atoms with Gasteiger partial charge < -0.3 is 0 Å². The van der Waals surface area contributed by atoms with E-state index in [4.69, 9.17) is 0 Å². The van der Waals surface area contributed by atoms with Gasteiger partial charge in [-0.1, -0.05) is 15.9 Å². The molecule has 3 nitrogen and oxygen atoms in total. The molecule has 0 aliphatic heterocycles. The maximum Gasteiger partial charge on any atom is 0.168 e. The van der Waals surface area contributed by atoms with Crippen LogP contribution < -0.4 is 0 Å². The fourth-order valence-corrected chi connectivity index (χ4v) is 1.69. The van der Waals surface area contributed by atoms with Crippen molar-refractivity contribution in [1.29, 1.82) is 0 Å². The molecule has 2 aromatic rings. The first kappa shape index (κ1) is 8.44. The van der Waals surface area contributed by atoms with Crippen LogP contribution in [0.2, 0.25) is 0 Å². The number of hydrogen-bond donors (Lipinski definition) is 0. The number of fused-ring (bicyclic) bond motifs is 1. The second-order valence-electron chi connectivity index (χ2n) is 2.79. The normalized spacial score (nSPS) is 10.6. The van der Waals surface area contributed by atoms with Crippen LogP contribution in [0.4, 0.5) is 0 Å². The van der Waals surface area contributed by atoms with Gasteiger partial charge in [-0.25, -0.2) is 0 Å². The Bertz CT molecular complexity index is 476. The predicted molar refractivity (Wildman–Crippen MR) is 53.8 cm³/mol. The van der Waals surface area contributed by atoms with Crippen molar-refractivity contribution >= 4 is 33.1 Å². The Hall–Kier alpha value is -1.16. The lowest BCUT2D eigenvalue weighted by Crippen LogP contribution is -1.95. The number of aldehydes is 1. The SMILES string of the molecule is Cn1nc2ccc(Br)cc2c1C=O. The summed E-state index contributed by atoms with van der Waals surface area (Å²) in [4.78, 5) is 10.7. The van der Waals surface area contributed by atoms with Crippen molar-refractivity contribution < 1.29 is 4.79 Å². The van der Waals surface area contributed by atoms with E-state index in [1.165, 1.54) is 0 Å². The van der Waals surface area contributed by atoms with E-state index in [-0.39, 0.29) is 0 Å². The second-order valence-corrected chi connectivity index (χ2v) is 3.70. The standard InChI is InChI=1S/C9H7BrN2O/c1-12-9(5-13)7-4-6(10)2-3-8(7)11-12/h2-5H,1H3. The highest BCUT2D eigenvalue weighted by atomic mass is 79.9. The monoisotopic (exact) mass is 238 g/mol. The molecule has 0 fully saturated rings. The highest BCUT2D eigenvalue weighted by molar-refractivity contribution is 9.10. The van der Waals surface area contributed by atoms with Crippen LogP contribution in [-0.2, 0) is 7.05 Å². The van der Waals surface area contributed by atoms with Crippen molar-refractivity contribution in [2.75, 3.05) is 0 Å². The molecule has 0 amide bonds. The zero-order valence-corrected chi connectivity index (χ0v) is 8.58. The fraction of sp³-hybridized carbons (Fsp3) is 0.111. The molecule has 0 aliphatic carbocycles. The number of hydrogen-bond acceptors (Lipinski definition) is 2. The molecule has 0 saturated carbocycles. The van der Waals surface area contributed by atoms with Gasteiger partial charge in [0.15, 0.2) is 6.29 Å². The van der Waals surface area contributed by atoms with Gasteiger partial charge in [0.1, 0.15) is 5.69 Å². The highest BCUT2D eigenvalue weighted by Gasteiger charge is 2.07. The molecule has 1 aromatic heterocycles. The van der Waals surface area contributed by atoms with Crippen molar-refractivity contribution in [3.63, 3.8) is 0 Å². The van der Waals surface area contributed by atoms with Gasteiger partial charge in [0.2, 0.25) is 0 Å². The van der Waals surface area contributed by atoms with Crippen molar-refractivity contribution in [2.24, 2.45) is 7.05 Å². The summed E-state index contributed by atoms with van der Waals surface area (Å²) in [5, 5.41) is 5.07. The number of aromatic nitrogens is 2. The number of carbonyl (C=O) groups is 1. The Morgan fingerprint density at radius 3 is 3.00 bits per heavy atom. The van der Waals surface area contributed by atoms with Crippen molar-refractivity contribution in [2.45, 2.75) is 0 Å². The minimum absolute atomic E-state index is 0.608. The highest BCUT2D eigenvalue weighted by Crippen LogP contribution is 2.20. The third-order valence-electron chi connectivity index (χ3n) is 1.95. The predicted octanol–water partition coefficient (Wildman–Crippen LogP) is 2.15. The van der Waals surface area contributed by atoms with Crippen LogP contribution in [-0.4, -0.2) is 16.1 Å². The summed E-state index contributed by atoms with van der Waals surface area (Å²) in [5.74, 6) is 0. The lowest BCUT2D eigenvalue weighted by molar-refractivity contribution is 0.111. The molecule has 66 valence electrons. The minimum atomic E-state index is 0.608. The van der Waals surface area contributed by atoms with Gasteiger partial charge in [-0.05, 0) is 18.2 Å². The summed E-state index contributed by atoms with van der Waals surface area (Å²) in [6.07, 6.45) is 0.821. The molecule has 1 aromatic carbocycles. The third kappa shape index (κ3) is 1.27. The molecule has 0 N–H and O–H groups in total. The van der Waals surface area contributed by atoms with E-state index >= 15 is 0 Å². The third-order valence-corrected chi connectivity index (χ3v) is 2.45. The van der Waals surface area contributed by atoms with Crippen LogP contribution in [0.3, 0.4) is 0 Å². The van der Waals surface area contributed by atoms with Crippen LogP contribution in [0.1, 0.15) is 10.5 Å². The van der Waals surface area contributed by atoms with Crippen molar-refractivity contribution in [1.82, 2.24) is 9.78 Å². The summed E-state index contributed by atoms with van der Waals surface area (Å²) >= 11 is 3.35. The molecule has 4 heteroatoms. The molecule has 0 unspecified atom stereocenters. The number of halogens is 1. The maximum atomic E-state index is 10.7. The Labute approximate surface area is 83.5 Å². The topological polar surface area (TPSA) is 34.9 Å². The molecule has 0 aliphatic rings. The molecule has 0 saturated heterocycles. The first-order valence-electron chi connectivity index (χ1n) is 3.80. The van der Waals surface area contributed by atoms with Crippen LogP contribution >= 0.6 is 15.9 Å². The Morgan fingerprint density at radius 1 is 1.54 bits per heavy atom. The fourth-order valence-electron chi connectivity index (χ4n) is 1.33. The average Bonchev–Trinajstić information content (AvgIpc) is 2.40. The van der Waals surface area contributed by atoms with E-state index in [1.54, 1.807) is 11.7 Å². The lowest BCUT2D eigenvalue weighted by atomic mass is 10.2. The van der Waals surface area contributed by atoms with Gasteiger partial charge in [-0.3, -0.25) is 9.48 Å². The zero-order valence-electron chi connectivity index (χ0n) is 6.99. The van der Waals surface area contributed by atoms with Gasteiger partial charge in [0.25, 0.3) is 0 Å². The molecule has 0 bridgehead atoms. The minimum Gasteiger partial charge on any atom is -0.296 e. The molecule has 1 heterocycles. The van der Waals surface area contributed by atoms with Gasteiger partial charge in [-0.2, -0.15) is 5.10 Å². The molecule has 0 spiro atoms. The van der Waals surface area contributed by atoms with E-state index in [9.17, 15) is 4.79 Å². The number of aryl methyl sites for hydroxylation is 1. The van der Waals surface area contributed by atoms with Crippen LogP contribution in [0.5, 0.6) is 0 Å². The smallest absolute Gasteiger partial charge is 0.168 e. The molecular formula is C9H7BrN2O. The van der Waals surface area contributed by atoms with E-state index in [2.05, 4.69) is 21.0 Å².